The van der Waals surface area contributed by atoms with Crippen LogP contribution in [0, 0.1) is 5.92 Å². The summed E-state index contributed by atoms with van der Waals surface area (Å²) in [4.78, 5) is 8.17. The molecule has 1 aliphatic heterocycles. The fraction of sp³-hybridized carbons (Fsp3) is 0.824. The molecule has 0 spiro atoms. The average molecular weight is 322 g/mol. The lowest BCUT2D eigenvalue weighted by Gasteiger charge is -2.43. The van der Waals surface area contributed by atoms with E-state index in [2.05, 4.69) is 9.88 Å². The third-order valence-corrected chi connectivity index (χ3v) is 6.52. The third kappa shape index (κ3) is 2.96. The van der Waals surface area contributed by atoms with E-state index in [-0.39, 0.29) is 5.60 Å². The van der Waals surface area contributed by atoms with E-state index in [1.807, 2.05) is 18.8 Å². The predicted octanol–water partition coefficient (Wildman–Crippen LogP) is 3.08. The fourth-order valence-electron chi connectivity index (χ4n) is 4.17. The predicted molar refractivity (Wildman–Crippen MR) is 87.0 cm³/mol. The van der Waals surface area contributed by atoms with E-state index in [9.17, 15) is 0 Å². The summed E-state index contributed by atoms with van der Waals surface area (Å²) >= 11 is 1.75. The minimum Gasteiger partial charge on any atom is -0.378 e. The number of rotatable bonds is 6. The first-order chi connectivity index (χ1) is 10.8. The first-order valence-corrected chi connectivity index (χ1v) is 9.45. The van der Waals surface area contributed by atoms with E-state index >= 15 is 0 Å². The van der Waals surface area contributed by atoms with Gasteiger partial charge in [-0.1, -0.05) is 0 Å². The van der Waals surface area contributed by atoms with Crippen molar-refractivity contribution in [1.82, 2.24) is 9.88 Å². The van der Waals surface area contributed by atoms with Gasteiger partial charge < -0.3 is 9.47 Å². The van der Waals surface area contributed by atoms with Gasteiger partial charge in [-0.25, -0.2) is 0 Å². The molecule has 0 aromatic carbocycles. The molecule has 0 bridgehead atoms. The summed E-state index contributed by atoms with van der Waals surface area (Å²) in [6.07, 6.45) is 9.75. The van der Waals surface area contributed by atoms with Crippen molar-refractivity contribution in [2.75, 3.05) is 20.3 Å². The van der Waals surface area contributed by atoms with E-state index in [0.717, 1.165) is 51.3 Å². The molecule has 5 heteroatoms. The van der Waals surface area contributed by atoms with Crippen molar-refractivity contribution < 1.29 is 9.47 Å². The Kier molecular flexibility index (Phi) is 4.24. The van der Waals surface area contributed by atoms with Gasteiger partial charge in [-0.05, 0) is 44.4 Å². The molecule has 3 atom stereocenters. The van der Waals surface area contributed by atoms with Crippen molar-refractivity contribution in [3.8, 4) is 0 Å². The van der Waals surface area contributed by atoms with E-state index in [4.69, 9.17) is 9.47 Å². The average Bonchev–Trinajstić information content (AvgIpc) is 3.11. The smallest absolute Gasteiger partial charge is 0.0847 e. The highest BCUT2D eigenvalue weighted by Crippen LogP contribution is 2.44. The zero-order valence-corrected chi connectivity index (χ0v) is 14.2. The van der Waals surface area contributed by atoms with Crippen LogP contribution in [-0.2, 0) is 16.0 Å². The van der Waals surface area contributed by atoms with Crippen LogP contribution in [0.4, 0.5) is 0 Å². The van der Waals surface area contributed by atoms with Crippen molar-refractivity contribution in [2.45, 2.75) is 62.8 Å². The van der Waals surface area contributed by atoms with E-state index in [1.54, 1.807) is 11.3 Å². The lowest BCUT2D eigenvalue weighted by atomic mass is 9.79. The maximum Gasteiger partial charge on any atom is 0.0847 e. The molecule has 1 aromatic heterocycles. The number of thiazole rings is 1. The third-order valence-electron chi connectivity index (χ3n) is 5.76. The number of ether oxygens (including phenoxy) is 2. The number of hydrogen-bond acceptors (Lipinski definition) is 5. The first-order valence-electron chi connectivity index (χ1n) is 8.57. The topological polar surface area (TPSA) is 34.6 Å². The molecule has 1 saturated heterocycles. The Morgan fingerprint density at radius 3 is 3.00 bits per heavy atom. The Labute approximate surface area is 136 Å². The van der Waals surface area contributed by atoms with Gasteiger partial charge in [0.05, 0.1) is 17.2 Å². The van der Waals surface area contributed by atoms with Crippen LogP contribution in [0.15, 0.2) is 11.7 Å². The molecule has 0 radical (unpaired) electrons. The standard InChI is InChI=1S/C17H26N2O2S/c1-20-17-5-4-14(21-11-13-2-3-13)8-16(17)19(7-6-17)10-15-9-18-12-22-15/h9,12-14,16H,2-8,10-11H2,1H3/t14-,16+,17-/m1/s1. The van der Waals surface area contributed by atoms with E-state index < -0.39 is 0 Å². The van der Waals surface area contributed by atoms with E-state index in [0.29, 0.717) is 12.1 Å². The lowest BCUT2D eigenvalue weighted by Crippen LogP contribution is -2.51. The molecule has 2 heterocycles. The highest BCUT2D eigenvalue weighted by atomic mass is 32.1. The van der Waals surface area contributed by atoms with Gasteiger partial charge in [-0.2, -0.15) is 0 Å². The number of nitrogens with zero attached hydrogens (tertiary/aromatic N) is 2. The monoisotopic (exact) mass is 322 g/mol. The van der Waals surface area contributed by atoms with Crippen LogP contribution in [-0.4, -0.2) is 47.9 Å². The highest BCUT2D eigenvalue weighted by molar-refractivity contribution is 7.09. The maximum atomic E-state index is 6.20. The normalized spacial score (nSPS) is 35.7. The van der Waals surface area contributed by atoms with E-state index in [1.165, 1.54) is 17.7 Å². The number of methoxy groups -OCH3 is 1. The summed E-state index contributed by atoms with van der Waals surface area (Å²) in [6, 6.07) is 0.498. The van der Waals surface area contributed by atoms with Crippen molar-refractivity contribution in [3.05, 3.63) is 16.6 Å². The van der Waals surface area contributed by atoms with Crippen LogP contribution >= 0.6 is 11.3 Å². The van der Waals surface area contributed by atoms with Crippen molar-refractivity contribution in [2.24, 2.45) is 5.92 Å². The Bertz CT molecular complexity index is 491. The number of fused-ring (bicyclic) bond motifs is 1. The second kappa shape index (κ2) is 6.19. The minimum absolute atomic E-state index is 0.0597. The summed E-state index contributed by atoms with van der Waals surface area (Å²) in [5.41, 5.74) is 1.99. The van der Waals surface area contributed by atoms with Gasteiger partial charge in [-0.3, -0.25) is 9.88 Å². The molecule has 4 nitrogen and oxygen atoms in total. The zero-order valence-electron chi connectivity index (χ0n) is 13.4. The summed E-state index contributed by atoms with van der Waals surface area (Å²) in [6.45, 7) is 3.12. The van der Waals surface area contributed by atoms with Crippen LogP contribution in [0.3, 0.4) is 0 Å². The zero-order chi connectivity index (χ0) is 15.0. The Morgan fingerprint density at radius 2 is 2.27 bits per heavy atom. The second-order valence-electron chi connectivity index (χ2n) is 7.15. The van der Waals surface area contributed by atoms with Gasteiger partial charge >= 0.3 is 0 Å². The number of hydrogen-bond donors (Lipinski definition) is 0. The van der Waals surface area contributed by atoms with Crippen molar-refractivity contribution in [3.63, 3.8) is 0 Å². The highest BCUT2D eigenvalue weighted by Gasteiger charge is 2.51. The molecule has 2 aliphatic carbocycles. The summed E-state index contributed by atoms with van der Waals surface area (Å²) in [5.74, 6) is 0.853. The van der Waals surface area contributed by atoms with Gasteiger partial charge in [-0.15, -0.1) is 11.3 Å². The lowest BCUT2D eigenvalue weighted by molar-refractivity contribution is -0.103. The number of aromatic nitrogens is 1. The molecule has 4 rings (SSSR count). The quantitative estimate of drug-likeness (QED) is 0.806. The minimum atomic E-state index is 0.0597. The van der Waals surface area contributed by atoms with Crippen LogP contribution in [0.2, 0.25) is 0 Å². The van der Waals surface area contributed by atoms with Crippen LogP contribution in [0.25, 0.3) is 0 Å². The molecule has 0 unspecified atom stereocenters. The summed E-state index contributed by atoms with van der Waals surface area (Å²) in [5, 5.41) is 0. The van der Waals surface area contributed by atoms with Gasteiger partial charge in [0.25, 0.3) is 0 Å². The van der Waals surface area contributed by atoms with Crippen LogP contribution in [0.5, 0.6) is 0 Å². The Morgan fingerprint density at radius 1 is 1.36 bits per heavy atom. The van der Waals surface area contributed by atoms with Crippen molar-refractivity contribution >= 4 is 11.3 Å². The summed E-state index contributed by atoms with van der Waals surface area (Å²) in [7, 11) is 1.90. The molecular weight excluding hydrogens is 296 g/mol. The first kappa shape index (κ1) is 15.1. The molecule has 3 fully saturated rings. The fourth-order valence-corrected chi connectivity index (χ4v) is 4.79. The van der Waals surface area contributed by atoms with Gasteiger partial charge in [0, 0.05) is 43.9 Å². The molecule has 0 amide bonds. The van der Waals surface area contributed by atoms with Crippen LogP contribution < -0.4 is 0 Å². The van der Waals surface area contributed by atoms with Crippen LogP contribution in [0.1, 0.15) is 43.4 Å². The van der Waals surface area contributed by atoms with Gasteiger partial charge in [0.15, 0.2) is 0 Å². The second-order valence-corrected chi connectivity index (χ2v) is 8.12. The number of likely N-dealkylation sites (tertiary alicyclic amines) is 1. The molecular formula is C17H26N2O2S. The summed E-state index contributed by atoms with van der Waals surface area (Å²) < 4.78 is 12.2. The van der Waals surface area contributed by atoms with Crippen molar-refractivity contribution in [1.29, 1.82) is 0 Å². The largest absolute Gasteiger partial charge is 0.378 e. The molecule has 3 aliphatic rings. The van der Waals surface area contributed by atoms with Gasteiger partial charge in [0.1, 0.15) is 0 Å². The Hall–Kier alpha value is -0.490. The SMILES string of the molecule is CO[C@@]12CC[C@@H](OCC3CC3)C[C@@H]1N(Cc1cncs1)CC2. The Balaban J connectivity index is 1.42. The molecule has 122 valence electrons. The van der Waals surface area contributed by atoms with Gasteiger partial charge in [0.2, 0.25) is 0 Å². The molecule has 0 N–H and O–H groups in total. The molecule has 22 heavy (non-hydrogen) atoms. The maximum absolute atomic E-state index is 6.20. The molecule has 2 saturated carbocycles. The molecule has 1 aromatic rings.